The largest absolute Gasteiger partial charge is 0.339 e. The lowest BCUT2D eigenvalue weighted by molar-refractivity contribution is -0.125. The predicted octanol–water partition coefficient (Wildman–Crippen LogP) is 3.61. The molecule has 0 unspecified atom stereocenters. The Balaban J connectivity index is 2.10. The first-order chi connectivity index (χ1) is 9.77. The zero-order valence-corrected chi connectivity index (χ0v) is 12.9. The average molecular weight is 311 g/mol. The second kappa shape index (κ2) is 5.93. The van der Waals surface area contributed by atoms with Gasteiger partial charge in [0.1, 0.15) is 11.6 Å². The number of nitrogens with zero attached hydrogens (tertiary/aromatic N) is 2. The number of benzene rings is 1. The van der Waals surface area contributed by atoms with Crippen molar-refractivity contribution in [1.82, 2.24) is 10.1 Å². The molecule has 0 saturated heterocycles. The minimum absolute atomic E-state index is 0.00614. The fraction of sp³-hybridized carbons (Fsp3) is 0.400. The minimum atomic E-state index is -0.490. The van der Waals surface area contributed by atoms with E-state index in [1.807, 2.05) is 20.8 Å². The van der Waals surface area contributed by atoms with Crippen LogP contribution >= 0.6 is 11.6 Å². The normalized spacial score (nSPS) is 11.7. The number of carbonyl (C=O) groups is 1. The van der Waals surface area contributed by atoms with Gasteiger partial charge in [0.25, 0.3) is 0 Å². The van der Waals surface area contributed by atoms with E-state index in [9.17, 15) is 9.18 Å². The van der Waals surface area contributed by atoms with Gasteiger partial charge in [0.05, 0.1) is 11.4 Å². The Hall–Kier alpha value is -1.75. The molecule has 0 atom stereocenters. The maximum Gasteiger partial charge on any atom is 0.234 e. The predicted molar refractivity (Wildman–Crippen MR) is 76.7 cm³/mol. The van der Waals surface area contributed by atoms with Crippen molar-refractivity contribution >= 4 is 17.4 Å². The number of hydrogen-bond acceptors (Lipinski definition) is 4. The molecular weight excluding hydrogens is 295 g/mol. The summed E-state index contributed by atoms with van der Waals surface area (Å²) in [6.45, 7) is 5.48. The molecule has 0 bridgehead atoms. The second-order valence-corrected chi connectivity index (χ2v) is 6.25. The molecule has 4 nitrogen and oxygen atoms in total. The molecule has 0 radical (unpaired) electrons. The van der Waals surface area contributed by atoms with E-state index in [2.05, 4.69) is 10.1 Å². The summed E-state index contributed by atoms with van der Waals surface area (Å²) < 4.78 is 18.8. The highest BCUT2D eigenvalue weighted by Crippen LogP contribution is 2.20. The van der Waals surface area contributed by atoms with Gasteiger partial charge < -0.3 is 4.52 Å². The fourth-order valence-electron chi connectivity index (χ4n) is 1.69. The Morgan fingerprint density at radius 3 is 2.76 bits per heavy atom. The van der Waals surface area contributed by atoms with Gasteiger partial charge in [-0.3, -0.25) is 4.79 Å². The molecule has 0 spiro atoms. The summed E-state index contributed by atoms with van der Waals surface area (Å²) in [4.78, 5) is 16.0. The number of hydrogen-bond donors (Lipinski definition) is 0. The van der Waals surface area contributed by atoms with Gasteiger partial charge >= 0.3 is 0 Å². The number of aromatic nitrogens is 2. The highest BCUT2D eigenvalue weighted by atomic mass is 35.5. The molecule has 2 aromatic rings. The Bertz CT molecular complexity index is 662. The summed E-state index contributed by atoms with van der Waals surface area (Å²) in [6, 6.07) is 4.74. The van der Waals surface area contributed by atoms with E-state index in [1.165, 1.54) is 6.07 Å². The summed E-state index contributed by atoms with van der Waals surface area (Å²) >= 11 is 5.72. The van der Waals surface area contributed by atoms with Crippen LogP contribution in [0.2, 0.25) is 5.02 Å². The highest BCUT2D eigenvalue weighted by Gasteiger charge is 2.23. The van der Waals surface area contributed by atoms with Crippen molar-refractivity contribution in [2.45, 2.75) is 33.6 Å². The van der Waals surface area contributed by atoms with Crippen LogP contribution in [0.4, 0.5) is 4.39 Å². The monoisotopic (exact) mass is 310 g/mol. The lowest BCUT2D eigenvalue weighted by Gasteiger charge is -2.14. The molecule has 0 fully saturated rings. The molecule has 0 saturated carbocycles. The van der Waals surface area contributed by atoms with Gasteiger partial charge in [0.2, 0.25) is 5.89 Å². The van der Waals surface area contributed by atoms with Crippen molar-refractivity contribution in [3.05, 3.63) is 46.3 Å². The third-order valence-corrected chi connectivity index (χ3v) is 3.33. The van der Waals surface area contributed by atoms with Gasteiger partial charge in [-0.05, 0) is 11.6 Å². The summed E-state index contributed by atoms with van der Waals surface area (Å²) in [6.07, 6.45) is 0.244. The smallest absolute Gasteiger partial charge is 0.234 e. The van der Waals surface area contributed by atoms with Gasteiger partial charge in [-0.1, -0.05) is 49.7 Å². The zero-order chi connectivity index (χ0) is 15.6. The highest BCUT2D eigenvalue weighted by molar-refractivity contribution is 6.30. The van der Waals surface area contributed by atoms with Crippen LogP contribution in [0.15, 0.2) is 22.7 Å². The lowest BCUT2D eigenvalue weighted by atomic mass is 9.89. The maximum absolute atomic E-state index is 13.8. The van der Waals surface area contributed by atoms with Gasteiger partial charge in [0, 0.05) is 11.8 Å². The third kappa shape index (κ3) is 3.88. The first-order valence-electron chi connectivity index (χ1n) is 6.55. The van der Waals surface area contributed by atoms with Crippen LogP contribution in [0, 0.1) is 11.2 Å². The molecule has 0 N–H and O–H groups in total. The molecule has 21 heavy (non-hydrogen) atoms. The van der Waals surface area contributed by atoms with Gasteiger partial charge in [0.15, 0.2) is 5.82 Å². The van der Waals surface area contributed by atoms with Crippen molar-refractivity contribution in [2.24, 2.45) is 5.41 Å². The van der Waals surface area contributed by atoms with Crippen LogP contribution < -0.4 is 0 Å². The molecule has 0 amide bonds. The maximum atomic E-state index is 13.8. The number of Topliss-reactive ketones (excluding diaryl/α,β-unsaturated/α-hetero) is 1. The first-order valence-corrected chi connectivity index (χ1v) is 6.93. The summed E-state index contributed by atoms with van der Waals surface area (Å²) in [5.74, 6) is 0.0863. The van der Waals surface area contributed by atoms with Crippen LogP contribution in [0.25, 0.3) is 0 Å². The van der Waals surface area contributed by atoms with Crippen molar-refractivity contribution in [2.75, 3.05) is 0 Å². The van der Waals surface area contributed by atoms with E-state index in [4.69, 9.17) is 16.1 Å². The molecule has 6 heteroatoms. The topological polar surface area (TPSA) is 56.0 Å². The number of halogens is 2. The Labute approximate surface area is 127 Å². The lowest BCUT2D eigenvalue weighted by Crippen LogP contribution is -2.22. The average Bonchev–Trinajstić information content (AvgIpc) is 2.81. The van der Waals surface area contributed by atoms with Crippen LogP contribution in [-0.2, 0) is 17.6 Å². The van der Waals surface area contributed by atoms with E-state index in [-0.39, 0.29) is 29.5 Å². The molecule has 1 aromatic carbocycles. The van der Waals surface area contributed by atoms with Crippen LogP contribution in [-0.4, -0.2) is 15.9 Å². The van der Waals surface area contributed by atoms with E-state index in [0.717, 1.165) is 0 Å². The fourth-order valence-corrected chi connectivity index (χ4v) is 1.89. The Kier molecular flexibility index (Phi) is 4.42. The van der Waals surface area contributed by atoms with Gasteiger partial charge in [-0.15, -0.1) is 0 Å². The molecule has 0 aliphatic rings. The van der Waals surface area contributed by atoms with Crippen LogP contribution in [0.3, 0.4) is 0 Å². The molecule has 112 valence electrons. The molecule has 2 rings (SSSR count). The molecular formula is C15H16ClFN2O2. The van der Waals surface area contributed by atoms with Gasteiger partial charge in [-0.2, -0.15) is 4.98 Å². The van der Waals surface area contributed by atoms with Crippen LogP contribution in [0.1, 0.15) is 38.0 Å². The van der Waals surface area contributed by atoms with Crippen LogP contribution in [0.5, 0.6) is 0 Å². The van der Waals surface area contributed by atoms with Crippen molar-refractivity contribution in [3.8, 4) is 0 Å². The minimum Gasteiger partial charge on any atom is -0.339 e. The van der Waals surface area contributed by atoms with Crippen molar-refractivity contribution < 1.29 is 13.7 Å². The van der Waals surface area contributed by atoms with E-state index < -0.39 is 11.2 Å². The van der Waals surface area contributed by atoms with E-state index >= 15 is 0 Å². The third-order valence-electron chi connectivity index (χ3n) is 3.04. The van der Waals surface area contributed by atoms with E-state index in [1.54, 1.807) is 12.1 Å². The number of ketones is 1. The number of carbonyl (C=O) groups excluding carboxylic acids is 1. The molecule has 1 aromatic heterocycles. The molecule has 0 aliphatic carbocycles. The standard InChI is InChI=1S/C15H16ClFN2O2/c1-15(2,3)11(20)8-13-18-12(19-21-13)7-9-5-4-6-10(16)14(9)17/h4-6H,7-8H2,1-3H3. The van der Waals surface area contributed by atoms with Gasteiger partial charge in [-0.25, -0.2) is 4.39 Å². The second-order valence-electron chi connectivity index (χ2n) is 5.84. The summed E-state index contributed by atoms with van der Waals surface area (Å²) in [5.41, 5.74) is -0.0785. The molecule has 1 heterocycles. The Morgan fingerprint density at radius 2 is 2.10 bits per heavy atom. The molecule has 0 aliphatic heterocycles. The summed E-state index contributed by atoms with van der Waals surface area (Å²) in [7, 11) is 0. The van der Waals surface area contributed by atoms with Crippen molar-refractivity contribution in [1.29, 1.82) is 0 Å². The zero-order valence-electron chi connectivity index (χ0n) is 12.1. The number of rotatable bonds is 4. The summed E-state index contributed by atoms with van der Waals surface area (Å²) in [5, 5.41) is 3.82. The Morgan fingerprint density at radius 1 is 1.38 bits per heavy atom. The SMILES string of the molecule is CC(C)(C)C(=O)Cc1nc(Cc2cccc(Cl)c2F)no1. The first kappa shape index (κ1) is 15.6. The van der Waals surface area contributed by atoms with E-state index in [0.29, 0.717) is 11.4 Å². The van der Waals surface area contributed by atoms with Crippen molar-refractivity contribution in [3.63, 3.8) is 0 Å². The quantitative estimate of drug-likeness (QED) is 0.865.